The summed E-state index contributed by atoms with van der Waals surface area (Å²) in [6, 6.07) is 13.1. The zero-order chi connectivity index (χ0) is 14.5. The molecule has 0 aromatic heterocycles. The second-order valence-electron chi connectivity index (χ2n) is 4.61. The molecular formula is C16H16ClFIN. The molecule has 0 heterocycles. The topological polar surface area (TPSA) is 12.0 Å². The highest BCUT2D eigenvalue weighted by Gasteiger charge is 2.15. The quantitative estimate of drug-likeness (QED) is 0.695. The second-order valence-corrected chi connectivity index (χ2v) is 6.26. The van der Waals surface area contributed by atoms with Gasteiger partial charge < -0.3 is 5.32 Å². The molecule has 0 saturated carbocycles. The molecule has 4 heteroatoms. The van der Waals surface area contributed by atoms with Gasteiger partial charge in [-0.05, 0) is 70.9 Å². The Morgan fingerprint density at radius 2 is 1.90 bits per heavy atom. The van der Waals surface area contributed by atoms with Crippen molar-refractivity contribution < 1.29 is 4.39 Å². The van der Waals surface area contributed by atoms with Gasteiger partial charge in [-0.3, -0.25) is 0 Å². The summed E-state index contributed by atoms with van der Waals surface area (Å²) in [5.41, 5.74) is 2.17. The summed E-state index contributed by atoms with van der Waals surface area (Å²) in [4.78, 5) is 0. The zero-order valence-corrected chi connectivity index (χ0v) is 14.1. The molecule has 1 atom stereocenters. The Hall–Kier alpha value is -0.650. The van der Waals surface area contributed by atoms with Crippen molar-refractivity contribution in [1.82, 2.24) is 5.32 Å². The molecule has 2 aromatic carbocycles. The van der Waals surface area contributed by atoms with E-state index in [2.05, 4.69) is 59.1 Å². The lowest BCUT2D eigenvalue weighted by Crippen LogP contribution is -2.23. The van der Waals surface area contributed by atoms with E-state index in [1.165, 1.54) is 21.3 Å². The zero-order valence-electron chi connectivity index (χ0n) is 11.2. The van der Waals surface area contributed by atoms with Gasteiger partial charge in [0.2, 0.25) is 0 Å². The van der Waals surface area contributed by atoms with E-state index in [0.717, 1.165) is 18.5 Å². The fraction of sp³-hybridized carbons (Fsp3) is 0.250. The summed E-state index contributed by atoms with van der Waals surface area (Å²) in [5.74, 6) is -0.303. The maximum absolute atomic E-state index is 13.2. The van der Waals surface area contributed by atoms with Crippen LogP contribution in [0.4, 0.5) is 4.39 Å². The first-order valence-corrected chi connectivity index (χ1v) is 7.98. The molecule has 0 saturated heterocycles. The summed E-state index contributed by atoms with van der Waals surface area (Å²) < 4.78 is 14.4. The molecule has 106 valence electrons. The fourth-order valence-corrected chi connectivity index (χ4v) is 2.84. The normalized spacial score (nSPS) is 12.4. The lowest BCUT2D eigenvalue weighted by atomic mass is 9.98. The molecule has 1 N–H and O–H groups in total. The molecule has 2 aromatic rings. The van der Waals surface area contributed by atoms with E-state index in [9.17, 15) is 4.39 Å². The number of hydrogen-bond donors (Lipinski definition) is 1. The number of likely N-dealkylation sites (N-methyl/N-ethyl adjacent to an activating group) is 1. The summed E-state index contributed by atoms with van der Waals surface area (Å²) in [5, 5.41) is 3.89. The van der Waals surface area contributed by atoms with Crippen LogP contribution in [-0.2, 0) is 6.42 Å². The molecular weight excluding hydrogens is 388 g/mol. The van der Waals surface area contributed by atoms with Crippen molar-refractivity contribution in [3.8, 4) is 0 Å². The van der Waals surface area contributed by atoms with Crippen LogP contribution in [0.15, 0.2) is 42.5 Å². The molecule has 0 spiro atoms. The van der Waals surface area contributed by atoms with Crippen molar-refractivity contribution in [3.63, 3.8) is 0 Å². The van der Waals surface area contributed by atoms with Gasteiger partial charge in [-0.2, -0.15) is 0 Å². The van der Waals surface area contributed by atoms with Crippen molar-refractivity contribution in [1.29, 1.82) is 0 Å². The Balaban J connectivity index is 2.24. The molecule has 0 bridgehead atoms. The Labute approximate surface area is 137 Å². The van der Waals surface area contributed by atoms with E-state index in [4.69, 9.17) is 11.6 Å². The Morgan fingerprint density at radius 1 is 1.20 bits per heavy atom. The maximum atomic E-state index is 13.2. The Kier molecular flexibility index (Phi) is 5.81. The number of halogens is 3. The molecule has 0 aliphatic rings. The first-order valence-electron chi connectivity index (χ1n) is 6.53. The first kappa shape index (κ1) is 15.7. The molecule has 0 aliphatic carbocycles. The highest BCUT2D eigenvalue weighted by atomic mass is 127. The Morgan fingerprint density at radius 3 is 2.50 bits per heavy atom. The smallest absolute Gasteiger partial charge is 0.124 e. The molecule has 2 rings (SSSR count). The monoisotopic (exact) mass is 403 g/mol. The fourth-order valence-electron chi connectivity index (χ4n) is 2.18. The van der Waals surface area contributed by atoms with Crippen LogP contribution in [0.3, 0.4) is 0 Å². The predicted molar refractivity (Wildman–Crippen MR) is 90.7 cm³/mol. The van der Waals surface area contributed by atoms with Gasteiger partial charge in [-0.1, -0.05) is 36.7 Å². The van der Waals surface area contributed by atoms with E-state index in [1.807, 2.05) is 0 Å². The van der Waals surface area contributed by atoms with E-state index >= 15 is 0 Å². The summed E-state index contributed by atoms with van der Waals surface area (Å²) in [6.45, 7) is 2.89. The third-order valence-corrected chi connectivity index (χ3v) is 4.19. The molecule has 1 unspecified atom stereocenters. The van der Waals surface area contributed by atoms with Crippen LogP contribution in [0, 0.1) is 9.39 Å². The maximum Gasteiger partial charge on any atom is 0.124 e. The molecule has 0 radical (unpaired) electrons. The van der Waals surface area contributed by atoms with Gasteiger partial charge in [0.05, 0.1) is 0 Å². The second kappa shape index (κ2) is 7.38. The molecule has 0 amide bonds. The molecule has 0 aliphatic heterocycles. The highest BCUT2D eigenvalue weighted by molar-refractivity contribution is 14.1. The van der Waals surface area contributed by atoms with Crippen molar-refractivity contribution in [2.24, 2.45) is 0 Å². The average Bonchev–Trinajstić information content (AvgIpc) is 2.41. The third kappa shape index (κ3) is 4.17. The van der Waals surface area contributed by atoms with Crippen LogP contribution >= 0.6 is 34.2 Å². The van der Waals surface area contributed by atoms with Crippen molar-refractivity contribution >= 4 is 34.2 Å². The van der Waals surface area contributed by atoms with Crippen molar-refractivity contribution in [2.45, 2.75) is 19.4 Å². The van der Waals surface area contributed by atoms with E-state index in [1.54, 1.807) is 6.07 Å². The van der Waals surface area contributed by atoms with Crippen LogP contribution in [0.25, 0.3) is 0 Å². The van der Waals surface area contributed by atoms with Crippen LogP contribution in [0.5, 0.6) is 0 Å². The SMILES string of the molecule is CCNC(Cc1ccc(I)cc1)c1ccc(F)cc1Cl. The highest BCUT2D eigenvalue weighted by Crippen LogP contribution is 2.26. The minimum absolute atomic E-state index is 0.0909. The predicted octanol–water partition coefficient (Wildman–Crippen LogP) is 4.98. The standard InChI is InChI=1S/C16H16ClFIN/c1-2-20-16(9-11-3-6-13(19)7-4-11)14-8-5-12(18)10-15(14)17/h3-8,10,16,20H,2,9H2,1H3. The van der Waals surface area contributed by atoms with E-state index < -0.39 is 0 Å². The molecule has 1 nitrogen and oxygen atoms in total. The van der Waals surface area contributed by atoms with Gasteiger partial charge in [0.15, 0.2) is 0 Å². The van der Waals surface area contributed by atoms with Crippen LogP contribution in [0.1, 0.15) is 24.1 Å². The van der Waals surface area contributed by atoms with Crippen LogP contribution in [-0.4, -0.2) is 6.54 Å². The lowest BCUT2D eigenvalue weighted by Gasteiger charge is -2.20. The minimum Gasteiger partial charge on any atom is -0.310 e. The van der Waals surface area contributed by atoms with Gasteiger partial charge in [0, 0.05) is 14.6 Å². The van der Waals surface area contributed by atoms with Gasteiger partial charge >= 0.3 is 0 Å². The van der Waals surface area contributed by atoms with Crippen LogP contribution in [0.2, 0.25) is 5.02 Å². The van der Waals surface area contributed by atoms with Gasteiger partial charge in [0.25, 0.3) is 0 Å². The van der Waals surface area contributed by atoms with Gasteiger partial charge in [0.1, 0.15) is 5.82 Å². The first-order chi connectivity index (χ1) is 9.60. The minimum atomic E-state index is -0.303. The summed E-state index contributed by atoms with van der Waals surface area (Å²) in [7, 11) is 0. The number of hydrogen-bond acceptors (Lipinski definition) is 1. The average molecular weight is 404 g/mol. The molecule has 0 fully saturated rings. The third-order valence-electron chi connectivity index (χ3n) is 3.14. The number of rotatable bonds is 5. The number of nitrogens with one attached hydrogen (secondary N) is 1. The molecule has 20 heavy (non-hydrogen) atoms. The van der Waals surface area contributed by atoms with Crippen molar-refractivity contribution in [3.05, 3.63) is 68.0 Å². The van der Waals surface area contributed by atoms with Gasteiger partial charge in [-0.25, -0.2) is 4.39 Å². The Bertz CT molecular complexity index is 571. The van der Waals surface area contributed by atoms with E-state index in [0.29, 0.717) is 5.02 Å². The summed E-state index contributed by atoms with van der Waals surface area (Å²) in [6.07, 6.45) is 0.829. The largest absolute Gasteiger partial charge is 0.310 e. The van der Waals surface area contributed by atoms with E-state index in [-0.39, 0.29) is 11.9 Å². The van der Waals surface area contributed by atoms with Gasteiger partial charge in [-0.15, -0.1) is 0 Å². The summed E-state index contributed by atoms with van der Waals surface area (Å²) >= 11 is 8.46. The van der Waals surface area contributed by atoms with Crippen LogP contribution < -0.4 is 5.32 Å². The van der Waals surface area contributed by atoms with Crippen molar-refractivity contribution in [2.75, 3.05) is 6.54 Å². The number of benzene rings is 2. The lowest BCUT2D eigenvalue weighted by molar-refractivity contribution is 0.547.